The highest BCUT2D eigenvalue weighted by Crippen LogP contribution is 2.38. The van der Waals surface area contributed by atoms with E-state index in [9.17, 15) is 0 Å². The van der Waals surface area contributed by atoms with Crippen molar-refractivity contribution in [2.45, 2.75) is 51.6 Å². The van der Waals surface area contributed by atoms with Crippen LogP contribution in [0, 0.1) is 5.92 Å². The van der Waals surface area contributed by atoms with Crippen molar-refractivity contribution in [3.63, 3.8) is 0 Å². The lowest BCUT2D eigenvalue weighted by Gasteiger charge is -2.32. The molecule has 0 aromatic carbocycles. The van der Waals surface area contributed by atoms with Crippen LogP contribution in [0.1, 0.15) is 45.6 Å². The number of pyridine rings is 1. The van der Waals surface area contributed by atoms with Crippen molar-refractivity contribution in [3.05, 3.63) is 36.8 Å². The van der Waals surface area contributed by atoms with Crippen molar-refractivity contribution >= 4 is 39.5 Å². The Bertz CT molecular complexity index is 1290. The second-order valence-corrected chi connectivity index (χ2v) is 9.81. The molecule has 2 aliphatic rings. The predicted molar refractivity (Wildman–Crippen MR) is 134 cm³/mol. The van der Waals surface area contributed by atoms with Gasteiger partial charge in [0.1, 0.15) is 5.65 Å². The van der Waals surface area contributed by atoms with Crippen molar-refractivity contribution in [2.75, 3.05) is 29.9 Å². The number of rotatable bonds is 4. The zero-order valence-electron chi connectivity index (χ0n) is 19.8. The number of piperazine rings is 1. The molecule has 176 valence electrons. The van der Waals surface area contributed by atoms with Crippen LogP contribution in [0.25, 0.3) is 21.9 Å². The Kier molecular flexibility index (Phi) is 5.49. The Morgan fingerprint density at radius 3 is 2.68 bits per heavy atom. The SMILES string of the molecule is CC1CCC(n2c3cnccc3c3cnc(Nc4ccc(N5CCNC(C)C5)nn4)nc32)CC1. The molecule has 1 atom stereocenters. The fourth-order valence-corrected chi connectivity index (χ4v) is 5.41. The van der Waals surface area contributed by atoms with Gasteiger partial charge in [-0.15, -0.1) is 10.2 Å². The van der Waals surface area contributed by atoms with E-state index in [1.165, 1.54) is 25.7 Å². The van der Waals surface area contributed by atoms with E-state index in [-0.39, 0.29) is 0 Å². The maximum atomic E-state index is 4.95. The van der Waals surface area contributed by atoms with E-state index in [1.807, 2.05) is 30.7 Å². The minimum absolute atomic E-state index is 0.434. The quantitative estimate of drug-likeness (QED) is 0.474. The zero-order chi connectivity index (χ0) is 23.1. The smallest absolute Gasteiger partial charge is 0.230 e. The lowest BCUT2D eigenvalue weighted by atomic mass is 9.87. The van der Waals surface area contributed by atoms with Gasteiger partial charge in [0.15, 0.2) is 11.6 Å². The zero-order valence-corrected chi connectivity index (χ0v) is 19.8. The van der Waals surface area contributed by atoms with Crippen LogP contribution in [0.5, 0.6) is 0 Å². The Hall–Kier alpha value is -3.33. The van der Waals surface area contributed by atoms with Crippen LogP contribution < -0.4 is 15.5 Å². The molecule has 1 unspecified atom stereocenters. The van der Waals surface area contributed by atoms with E-state index < -0.39 is 0 Å². The number of nitrogens with zero attached hydrogens (tertiary/aromatic N) is 7. The summed E-state index contributed by atoms with van der Waals surface area (Å²) in [5, 5.41) is 17.8. The highest BCUT2D eigenvalue weighted by atomic mass is 15.3. The molecule has 1 aliphatic carbocycles. The Balaban J connectivity index is 1.31. The van der Waals surface area contributed by atoms with Gasteiger partial charge in [-0.2, -0.15) is 4.98 Å². The van der Waals surface area contributed by atoms with Crippen molar-refractivity contribution in [1.29, 1.82) is 0 Å². The molecule has 6 rings (SSSR count). The van der Waals surface area contributed by atoms with Gasteiger partial charge in [0.05, 0.1) is 11.7 Å². The summed E-state index contributed by atoms with van der Waals surface area (Å²) in [5.74, 6) is 2.86. The first-order valence-electron chi connectivity index (χ1n) is 12.4. The van der Waals surface area contributed by atoms with Gasteiger partial charge < -0.3 is 20.1 Å². The van der Waals surface area contributed by atoms with Crippen molar-refractivity contribution in [2.24, 2.45) is 5.92 Å². The third-order valence-corrected chi connectivity index (χ3v) is 7.28. The summed E-state index contributed by atoms with van der Waals surface area (Å²) < 4.78 is 2.39. The second kappa shape index (κ2) is 8.79. The van der Waals surface area contributed by atoms with Gasteiger partial charge in [-0.25, -0.2) is 4.98 Å². The molecule has 34 heavy (non-hydrogen) atoms. The maximum Gasteiger partial charge on any atom is 0.230 e. The maximum absolute atomic E-state index is 4.95. The summed E-state index contributed by atoms with van der Waals surface area (Å²) in [6, 6.07) is 6.91. The molecule has 1 saturated heterocycles. The van der Waals surface area contributed by atoms with Gasteiger partial charge in [-0.3, -0.25) is 4.98 Å². The van der Waals surface area contributed by atoms with Crippen molar-refractivity contribution in [3.8, 4) is 0 Å². The fraction of sp³-hybridized carbons (Fsp3) is 0.480. The highest BCUT2D eigenvalue weighted by molar-refractivity contribution is 6.06. The Morgan fingerprint density at radius 1 is 1.00 bits per heavy atom. The van der Waals surface area contributed by atoms with Gasteiger partial charge in [0.2, 0.25) is 5.95 Å². The van der Waals surface area contributed by atoms with E-state index in [2.05, 4.69) is 60.2 Å². The summed E-state index contributed by atoms with van der Waals surface area (Å²) >= 11 is 0. The molecular weight excluding hydrogens is 426 g/mol. The average Bonchev–Trinajstić information content (AvgIpc) is 3.19. The second-order valence-electron chi connectivity index (χ2n) is 9.81. The number of aromatic nitrogens is 6. The van der Waals surface area contributed by atoms with Crippen LogP contribution in [-0.4, -0.2) is 55.4 Å². The van der Waals surface area contributed by atoms with Crippen LogP contribution >= 0.6 is 0 Å². The average molecular weight is 458 g/mol. The molecule has 0 spiro atoms. The summed E-state index contributed by atoms with van der Waals surface area (Å²) in [7, 11) is 0. The molecule has 2 N–H and O–H groups in total. The first-order valence-corrected chi connectivity index (χ1v) is 12.4. The molecule has 4 aromatic rings. The molecule has 9 heteroatoms. The molecule has 0 bridgehead atoms. The largest absolute Gasteiger partial charge is 0.352 e. The lowest BCUT2D eigenvalue weighted by Crippen LogP contribution is -2.49. The monoisotopic (exact) mass is 457 g/mol. The molecular formula is C25H31N9. The van der Waals surface area contributed by atoms with Crippen LogP contribution in [0.2, 0.25) is 0 Å². The first kappa shape index (κ1) is 21.2. The Morgan fingerprint density at radius 2 is 1.88 bits per heavy atom. The van der Waals surface area contributed by atoms with Gasteiger partial charge in [-0.05, 0) is 56.7 Å². The van der Waals surface area contributed by atoms with E-state index in [0.717, 1.165) is 53.3 Å². The van der Waals surface area contributed by atoms with Gasteiger partial charge in [0.25, 0.3) is 0 Å². The molecule has 9 nitrogen and oxygen atoms in total. The summed E-state index contributed by atoms with van der Waals surface area (Å²) in [6.07, 6.45) is 10.5. The molecule has 5 heterocycles. The fourth-order valence-electron chi connectivity index (χ4n) is 5.41. The van der Waals surface area contributed by atoms with Gasteiger partial charge in [-0.1, -0.05) is 6.92 Å². The minimum Gasteiger partial charge on any atom is -0.352 e. The standard InChI is InChI=1S/C25H31N9/c1-16-3-5-18(6-4-16)34-21-14-26-10-9-19(21)20-13-28-25(30-24(20)34)29-22-7-8-23(32-31-22)33-12-11-27-17(2)15-33/h7-10,13-14,16-18,27H,3-6,11-12,15H2,1-2H3,(H,28,29,30,31). The molecule has 2 fully saturated rings. The summed E-state index contributed by atoms with van der Waals surface area (Å²) in [5.41, 5.74) is 2.09. The first-order chi connectivity index (χ1) is 16.7. The molecule has 0 amide bonds. The molecule has 4 aromatic heterocycles. The minimum atomic E-state index is 0.434. The van der Waals surface area contributed by atoms with Crippen LogP contribution in [0.4, 0.5) is 17.6 Å². The number of fused-ring (bicyclic) bond motifs is 3. The number of hydrogen-bond donors (Lipinski definition) is 2. The molecule has 1 saturated carbocycles. The molecule has 0 radical (unpaired) electrons. The number of anilines is 3. The van der Waals surface area contributed by atoms with Crippen molar-refractivity contribution < 1.29 is 0 Å². The normalized spacial score (nSPS) is 23.5. The van der Waals surface area contributed by atoms with Crippen LogP contribution in [-0.2, 0) is 0 Å². The van der Waals surface area contributed by atoms with Crippen LogP contribution in [0.3, 0.4) is 0 Å². The Labute approximate surface area is 199 Å². The van der Waals surface area contributed by atoms with Gasteiger partial charge >= 0.3 is 0 Å². The number of hydrogen-bond acceptors (Lipinski definition) is 8. The van der Waals surface area contributed by atoms with E-state index in [0.29, 0.717) is 23.8 Å². The third-order valence-electron chi connectivity index (χ3n) is 7.28. The van der Waals surface area contributed by atoms with Crippen LogP contribution in [0.15, 0.2) is 36.8 Å². The number of nitrogens with one attached hydrogen (secondary N) is 2. The highest BCUT2D eigenvalue weighted by Gasteiger charge is 2.24. The lowest BCUT2D eigenvalue weighted by molar-refractivity contribution is 0.298. The van der Waals surface area contributed by atoms with E-state index in [1.54, 1.807) is 0 Å². The van der Waals surface area contributed by atoms with Crippen molar-refractivity contribution in [1.82, 2.24) is 35.0 Å². The van der Waals surface area contributed by atoms with E-state index >= 15 is 0 Å². The summed E-state index contributed by atoms with van der Waals surface area (Å²) in [6.45, 7) is 7.36. The topological polar surface area (TPSA) is 96.7 Å². The molecule has 1 aliphatic heterocycles. The van der Waals surface area contributed by atoms with Gasteiger partial charge in [0, 0.05) is 54.9 Å². The summed E-state index contributed by atoms with van der Waals surface area (Å²) in [4.78, 5) is 16.2. The third kappa shape index (κ3) is 3.94. The predicted octanol–water partition coefficient (Wildman–Crippen LogP) is 4.06. The van der Waals surface area contributed by atoms with E-state index in [4.69, 9.17) is 4.98 Å².